The van der Waals surface area contributed by atoms with Gasteiger partial charge in [-0.3, -0.25) is 0 Å². The zero-order chi connectivity index (χ0) is 13.2. The van der Waals surface area contributed by atoms with Crippen molar-refractivity contribution in [3.05, 3.63) is 11.6 Å². The lowest BCUT2D eigenvalue weighted by molar-refractivity contribution is -0.177. The number of alkyl halides is 3. The molecule has 0 fully saturated rings. The Labute approximate surface area is 102 Å². The molecule has 1 unspecified atom stereocenters. The fourth-order valence-corrected chi connectivity index (χ4v) is 2.01. The van der Waals surface area contributed by atoms with Gasteiger partial charge in [0, 0.05) is 13.0 Å². The Morgan fingerprint density at radius 1 is 1.39 bits per heavy atom. The van der Waals surface area contributed by atoms with Crippen LogP contribution in [-0.2, 0) is 24.3 Å². The molecule has 0 saturated carbocycles. The van der Waals surface area contributed by atoms with E-state index >= 15 is 0 Å². The Morgan fingerprint density at radius 2 is 2.17 bits per heavy atom. The Bertz CT molecular complexity index is 404. The van der Waals surface area contributed by atoms with E-state index in [1.807, 2.05) is 4.57 Å². The Kier molecular flexibility index (Phi) is 3.86. The summed E-state index contributed by atoms with van der Waals surface area (Å²) in [6, 6.07) is 0. The number of hydrogen-bond acceptors (Lipinski definition) is 4. The third kappa shape index (κ3) is 3.20. The van der Waals surface area contributed by atoms with Gasteiger partial charge in [-0.05, 0) is 18.9 Å². The van der Waals surface area contributed by atoms with Crippen molar-refractivity contribution in [2.45, 2.75) is 32.2 Å². The van der Waals surface area contributed by atoms with Crippen LogP contribution in [0.1, 0.15) is 18.1 Å². The molecule has 0 spiro atoms. The van der Waals surface area contributed by atoms with E-state index in [9.17, 15) is 13.2 Å². The minimum atomic E-state index is -4.31. The van der Waals surface area contributed by atoms with Crippen molar-refractivity contribution in [2.24, 2.45) is 11.7 Å². The number of fused-ring (bicyclic) bond motifs is 1. The predicted molar refractivity (Wildman–Crippen MR) is 56.6 cm³/mol. The minimum absolute atomic E-state index is 0.177. The van der Waals surface area contributed by atoms with Crippen molar-refractivity contribution < 1.29 is 17.9 Å². The lowest BCUT2D eigenvalue weighted by Crippen LogP contribution is -2.27. The average molecular weight is 264 g/mol. The fourth-order valence-electron chi connectivity index (χ4n) is 2.01. The van der Waals surface area contributed by atoms with E-state index in [2.05, 4.69) is 14.9 Å². The normalized spacial score (nSPS) is 19.9. The molecule has 1 aromatic heterocycles. The van der Waals surface area contributed by atoms with Crippen molar-refractivity contribution in [1.82, 2.24) is 14.8 Å². The van der Waals surface area contributed by atoms with Gasteiger partial charge in [0.15, 0.2) is 5.82 Å². The van der Waals surface area contributed by atoms with Crippen LogP contribution < -0.4 is 5.73 Å². The second-order valence-electron chi connectivity index (χ2n) is 4.39. The highest BCUT2D eigenvalue weighted by atomic mass is 19.4. The van der Waals surface area contributed by atoms with Crippen LogP contribution in [0.2, 0.25) is 0 Å². The maximum Gasteiger partial charge on any atom is 0.411 e. The Morgan fingerprint density at radius 3 is 2.83 bits per heavy atom. The molecule has 0 bridgehead atoms. The molecule has 0 radical (unpaired) electrons. The Hall–Kier alpha value is -1.15. The van der Waals surface area contributed by atoms with Crippen LogP contribution >= 0.6 is 0 Å². The summed E-state index contributed by atoms with van der Waals surface area (Å²) < 4.78 is 42.3. The van der Waals surface area contributed by atoms with Crippen LogP contribution in [0.25, 0.3) is 0 Å². The molecule has 0 saturated heterocycles. The molecule has 1 aromatic rings. The quantitative estimate of drug-likeness (QED) is 0.876. The molecular weight excluding hydrogens is 249 g/mol. The third-order valence-corrected chi connectivity index (χ3v) is 2.95. The van der Waals surface area contributed by atoms with Gasteiger partial charge >= 0.3 is 6.18 Å². The lowest BCUT2D eigenvalue weighted by atomic mass is 10.00. The maximum atomic E-state index is 12.0. The maximum absolute atomic E-state index is 12.0. The second kappa shape index (κ2) is 5.23. The number of nitrogens with two attached hydrogens (primary N) is 1. The molecule has 102 valence electrons. The van der Waals surface area contributed by atoms with Gasteiger partial charge in [-0.1, -0.05) is 0 Å². The summed E-state index contributed by atoms with van der Waals surface area (Å²) in [7, 11) is 0. The number of aromatic nitrogens is 3. The van der Waals surface area contributed by atoms with Gasteiger partial charge in [-0.2, -0.15) is 13.2 Å². The third-order valence-electron chi connectivity index (χ3n) is 2.95. The highest BCUT2D eigenvalue weighted by Gasteiger charge is 2.28. The summed E-state index contributed by atoms with van der Waals surface area (Å²) in [5.41, 5.74) is 5.60. The van der Waals surface area contributed by atoms with Gasteiger partial charge in [0.05, 0.1) is 0 Å². The van der Waals surface area contributed by atoms with Gasteiger partial charge in [0.25, 0.3) is 0 Å². The van der Waals surface area contributed by atoms with Crippen LogP contribution in [0.5, 0.6) is 0 Å². The summed E-state index contributed by atoms with van der Waals surface area (Å²) in [4.78, 5) is 0. The van der Waals surface area contributed by atoms with Crippen molar-refractivity contribution in [2.75, 3.05) is 13.2 Å². The highest BCUT2D eigenvalue weighted by molar-refractivity contribution is 4.99. The number of hydrogen-bond donors (Lipinski definition) is 1. The standard InChI is InChI=1S/C10H15F3N4O/c11-10(12,13)6-18-5-9-16-15-8-2-1-7(3-14)4-17(8)9/h7H,1-6,14H2. The largest absolute Gasteiger partial charge is 0.411 e. The minimum Gasteiger partial charge on any atom is -0.364 e. The summed E-state index contributed by atoms with van der Waals surface area (Å²) in [6.07, 6.45) is -2.61. The summed E-state index contributed by atoms with van der Waals surface area (Å²) in [5, 5.41) is 7.82. The first-order valence-corrected chi connectivity index (χ1v) is 5.75. The first-order valence-electron chi connectivity index (χ1n) is 5.75. The zero-order valence-electron chi connectivity index (χ0n) is 9.78. The number of rotatable bonds is 4. The van der Waals surface area contributed by atoms with Crippen LogP contribution in [-0.4, -0.2) is 34.1 Å². The van der Waals surface area contributed by atoms with E-state index in [-0.39, 0.29) is 6.61 Å². The molecule has 2 rings (SSSR count). The first-order chi connectivity index (χ1) is 8.49. The van der Waals surface area contributed by atoms with Crippen molar-refractivity contribution in [1.29, 1.82) is 0 Å². The van der Waals surface area contributed by atoms with Crippen molar-refractivity contribution in [3.8, 4) is 0 Å². The molecule has 1 aliphatic rings. The van der Waals surface area contributed by atoms with E-state index in [1.165, 1.54) is 0 Å². The molecule has 1 aliphatic heterocycles. The molecule has 0 aromatic carbocycles. The van der Waals surface area contributed by atoms with Gasteiger partial charge in [-0.15, -0.1) is 10.2 Å². The number of nitrogens with zero attached hydrogens (tertiary/aromatic N) is 3. The fraction of sp³-hybridized carbons (Fsp3) is 0.800. The molecule has 18 heavy (non-hydrogen) atoms. The van der Waals surface area contributed by atoms with Crippen molar-refractivity contribution >= 4 is 0 Å². The van der Waals surface area contributed by atoms with Gasteiger partial charge < -0.3 is 15.0 Å². The van der Waals surface area contributed by atoms with E-state index < -0.39 is 12.8 Å². The van der Waals surface area contributed by atoms with Crippen molar-refractivity contribution in [3.63, 3.8) is 0 Å². The zero-order valence-corrected chi connectivity index (χ0v) is 9.78. The predicted octanol–water partition coefficient (Wildman–Crippen LogP) is 0.878. The second-order valence-corrected chi connectivity index (χ2v) is 4.39. The monoisotopic (exact) mass is 264 g/mol. The summed E-state index contributed by atoms with van der Waals surface area (Å²) >= 11 is 0. The van der Waals surface area contributed by atoms with E-state index in [4.69, 9.17) is 5.73 Å². The van der Waals surface area contributed by atoms with Gasteiger partial charge in [0.1, 0.15) is 19.0 Å². The first kappa shape index (κ1) is 13.3. The van der Waals surface area contributed by atoms with Crippen LogP contribution in [0.3, 0.4) is 0 Å². The summed E-state index contributed by atoms with van der Waals surface area (Å²) in [5.74, 6) is 1.56. The molecule has 2 heterocycles. The van der Waals surface area contributed by atoms with E-state index in [1.54, 1.807) is 0 Å². The lowest BCUT2D eigenvalue weighted by Gasteiger charge is -2.22. The smallest absolute Gasteiger partial charge is 0.364 e. The summed E-state index contributed by atoms with van der Waals surface area (Å²) in [6.45, 7) is -0.233. The van der Waals surface area contributed by atoms with E-state index in [0.29, 0.717) is 24.8 Å². The molecule has 0 aliphatic carbocycles. The van der Waals surface area contributed by atoms with Gasteiger partial charge in [0.2, 0.25) is 0 Å². The number of ether oxygens (including phenoxy) is 1. The molecular formula is C10H15F3N4O. The SMILES string of the molecule is NCC1CCc2nnc(COCC(F)(F)F)n2C1. The molecule has 1 atom stereocenters. The number of aryl methyl sites for hydroxylation is 1. The molecule has 5 nitrogen and oxygen atoms in total. The van der Waals surface area contributed by atoms with Crippen LogP contribution in [0.4, 0.5) is 13.2 Å². The molecule has 8 heteroatoms. The van der Waals surface area contributed by atoms with Crippen LogP contribution in [0.15, 0.2) is 0 Å². The Balaban J connectivity index is 1.96. The average Bonchev–Trinajstić information content (AvgIpc) is 2.70. The molecule has 2 N–H and O–H groups in total. The molecule has 0 amide bonds. The highest BCUT2D eigenvalue weighted by Crippen LogP contribution is 2.20. The van der Waals surface area contributed by atoms with Crippen LogP contribution in [0, 0.1) is 5.92 Å². The topological polar surface area (TPSA) is 66.0 Å². The van der Waals surface area contributed by atoms with E-state index in [0.717, 1.165) is 18.7 Å². The van der Waals surface area contributed by atoms with Gasteiger partial charge in [-0.25, -0.2) is 0 Å². The number of halogens is 3.